The van der Waals surface area contributed by atoms with E-state index < -0.39 is 0 Å². The number of rotatable bonds is 5. The maximum absolute atomic E-state index is 13.0. The first-order valence-electron chi connectivity index (χ1n) is 8.40. The second-order valence-electron chi connectivity index (χ2n) is 6.02. The summed E-state index contributed by atoms with van der Waals surface area (Å²) in [6.45, 7) is 1.89. The fraction of sp³-hybridized carbons (Fsp3) is 0.190. The van der Waals surface area contributed by atoms with E-state index in [4.69, 9.17) is 4.74 Å². The van der Waals surface area contributed by atoms with Crippen LogP contribution in [0.4, 0.5) is 5.69 Å². The highest BCUT2D eigenvalue weighted by molar-refractivity contribution is 6.09. The molecule has 1 heterocycles. The molecule has 0 fully saturated rings. The number of methoxy groups -OCH3 is 1. The average molecular weight is 348 g/mol. The van der Waals surface area contributed by atoms with Gasteiger partial charge in [0.05, 0.1) is 18.3 Å². The van der Waals surface area contributed by atoms with Gasteiger partial charge < -0.3 is 10.1 Å². The second kappa shape index (κ2) is 7.78. The summed E-state index contributed by atoms with van der Waals surface area (Å²) in [5.41, 5.74) is 3.67. The van der Waals surface area contributed by atoms with E-state index in [9.17, 15) is 9.59 Å². The molecule has 0 aliphatic rings. The van der Waals surface area contributed by atoms with Crippen molar-refractivity contribution in [1.82, 2.24) is 4.98 Å². The number of esters is 1. The summed E-state index contributed by atoms with van der Waals surface area (Å²) in [5.74, 6) is -0.503. The van der Waals surface area contributed by atoms with E-state index in [1.54, 1.807) is 6.20 Å². The number of hydrogen-bond donors (Lipinski definition) is 1. The van der Waals surface area contributed by atoms with Gasteiger partial charge in [-0.25, -0.2) is 0 Å². The number of amides is 1. The van der Waals surface area contributed by atoms with Crippen molar-refractivity contribution in [2.75, 3.05) is 12.4 Å². The largest absolute Gasteiger partial charge is 0.469 e. The third-order valence-corrected chi connectivity index (χ3v) is 4.29. The summed E-state index contributed by atoms with van der Waals surface area (Å²) >= 11 is 0. The number of hydrogen-bond acceptors (Lipinski definition) is 4. The molecule has 0 bridgehead atoms. The summed E-state index contributed by atoms with van der Waals surface area (Å²) in [6, 6.07) is 15.1. The van der Waals surface area contributed by atoms with Crippen LogP contribution >= 0.6 is 0 Å². The first kappa shape index (κ1) is 17.6. The molecule has 0 spiro atoms. The fourth-order valence-corrected chi connectivity index (χ4v) is 2.99. The Morgan fingerprint density at radius 3 is 2.65 bits per heavy atom. The van der Waals surface area contributed by atoms with E-state index in [2.05, 4.69) is 10.3 Å². The number of pyridine rings is 1. The lowest BCUT2D eigenvalue weighted by atomic mass is 9.97. The topological polar surface area (TPSA) is 68.3 Å². The van der Waals surface area contributed by atoms with Crippen LogP contribution in [0.25, 0.3) is 10.9 Å². The number of aromatic nitrogens is 1. The summed E-state index contributed by atoms with van der Waals surface area (Å²) in [5, 5.41) is 3.93. The Morgan fingerprint density at radius 1 is 1.08 bits per heavy atom. The SMILES string of the molecule is COC(=O)CCc1cccc(C)c1C(=O)Nc1cccc2cccnc12. The molecule has 132 valence electrons. The first-order valence-corrected chi connectivity index (χ1v) is 8.40. The van der Waals surface area contributed by atoms with Crippen molar-refractivity contribution in [1.29, 1.82) is 0 Å². The fourth-order valence-electron chi connectivity index (χ4n) is 2.99. The zero-order valence-corrected chi connectivity index (χ0v) is 14.8. The lowest BCUT2D eigenvalue weighted by molar-refractivity contribution is -0.140. The minimum absolute atomic E-state index is 0.207. The Labute approximate surface area is 152 Å². The van der Waals surface area contributed by atoms with Gasteiger partial charge in [0.15, 0.2) is 0 Å². The predicted octanol–water partition coefficient (Wildman–Crippen LogP) is 3.90. The molecule has 0 saturated heterocycles. The molecule has 3 rings (SSSR count). The standard InChI is InChI=1S/C21H20N2O3/c1-14-6-3-7-15(11-12-18(24)26-2)19(14)21(25)23-17-10-4-8-16-9-5-13-22-20(16)17/h3-10,13H,11-12H2,1-2H3,(H,23,25). The van der Waals surface area contributed by atoms with Gasteiger partial charge in [-0.2, -0.15) is 0 Å². The van der Waals surface area contributed by atoms with Gasteiger partial charge in [-0.3, -0.25) is 14.6 Å². The quantitative estimate of drug-likeness (QED) is 0.710. The number of fused-ring (bicyclic) bond motifs is 1. The first-order chi connectivity index (χ1) is 12.6. The van der Waals surface area contributed by atoms with Crippen molar-refractivity contribution in [3.63, 3.8) is 0 Å². The van der Waals surface area contributed by atoms with E-state index in [1.165, 1.54) is 7.11 Å². The number of benzene rings is 2. The smallest absolute Gasteiger partial charge is 0.305 e. The molecular formula is C21H20N2O3. The van der Waals surface area contributed by atoms with Crippen LogP contribution in [0.3, 0.4) is 0 Å². The summed E-state index contributed by atoms with van der Waals surface area (Å²) in [6.07, 6.45) is 2.38. The van der Waals surface area contributed by atoms with Gasteiger partial charge in [-0.15, -0.1) is 0 Å². The highest BCUT2D eigenvalue weighted by Gasteiger charge is 2.16. The molecule has 5 heteroatoms. The van der Waals surface area contributed by atoms with Crippen molar-refractivity contribution < 1.29 is 14.3 Å². The van der Waals surface area contributed by atoms with Gasteiger partial charge in [0.2, 0.25) is 0 Å². The van der Waals surface area contributed by atoms with Crippen molar-refractivity contribution in [2.24, 2.45) is 0 Å². The molecule has 1 amide bonds. The molecule has 3 aromatic rings. The molecule has 0 aliphatic carbocycles. The predicted molar refractivity (Wildman–Crippen MR) is 101 cm³/mol. The Kier molecular flexibility index (Phi) is 5.27. The number of nitrogens with one attached hydrogen (secondary N) is 1. The number of carbonyl (C=O) groups excluding carboxylic acids is 2. The maximum atomic E-state index is 13.0. The number of carbonyl (C=O) groups is 2. The molecular weight excluding hydrogens is 328 g/mol. The van der Waals surface area contributed by atoms with Crippen LogP contribution in [-0.4, -0.2) is 24.0 Å². The third-order valence-electron chi connectivity index (χ3n) is 4.29. The van der Waals surface area contributed by atoms with Gasteiger partial charge in [-0.05, 0) is 36.6 Å². The molecule has 1 N–H and O–H groups in total. The van der Waals surface area contributed by atoms with Crippen LogP contribution in [0.1, 0.15) is 27.9 Å². The van der Waals surface area contributed by atoms with E-state index >= 15 is 0 Å². The molecule has 1 aromatic heterocycles. The normalized spacial score (nSPS) is 10.5. The lowest BCUT2D eigenvalue weighted by Crippen LogP contribution is -2.17. The minimum Gasteiger partial charge on any atom is -0.469 e. The van der Waals surface area contributed by atoms with Crippen molar-refractivity contribution in [3.05, 3.63) is 71.4 Å². The highest BCUT2D eigenvalue weighted by atomic mass is 16.5. The monoisotopic (exact) mass is 348 g/mol. The minimum atomic E-state index is -0.295. The summed E-state index contributed by atoms with van der Waals surface area (Å²) in [7, 11) is 1.36. The molecule has 5 nitrogen and oxygen atoms in total. The number of anilines is 1. The zero-order valence-electron chi connectivity index (χ0n) is 14.8. The molecule has 0 atom stereocenters. The second-order valence-corrected chi connectivity index (χ2v) is 6.02. The maximum Gasteiger partial charge on any atom is 0.305 e. The number of nitrogens with zero attached hydrogens (tertiary/aromatic N) is 1. The number of ether oxygens (including phenoxy) is 1. The lowest BCUT2D eigenvalue weighted by Gasteiger charge is -2.13. The van der Waals surface area contributed by atoms with Crippen LogP contribution in [0, 0.1) is 6.92 Å². The van der Waals surface area contributed by atoms with E-state index in [0.29, 0.717) is 17.7 Å². The van der Waals surface area contributed by atoms with E-state index in [0.717, 1.165) is 22.0 Å². The Morgan fingerprint density at radius 2 is 1.85 bits per heavy atom. The van der Waals surface area contributed by atoms with E-state index in [1.807, 2.05) is 55.5 Å². The molecule has 2 aromatic carbocycles. The summed E-state index contributed by atoms with van der Waals surface area (Å²) < 4.78 is 4.70. The Balaban J connectivity index is 1.91. The summed E-state index contributed by atoms with van der Waals surface area (Å²) in [4.78, 5) is 28.8. The number of para-hydroxylation sites is 1. The molecule has 26 heavy (non-hydrogen) atoms. The van der Waals surface area contributed by atoms with Crippen molar-refractivity contribution >= 4 is 28.5 Å². The van der Waals surface area contributed by atoms with Gasteiger partial charge >= 0.3 is 5.97 Å². The van der Waals surface area contributed by atoms with Crippen LogP contribution in [0.2, 0.25) is 0 Å². The highest BCUT2D eigenvalue weighted by Crippen LogP contribution is 2.23. The van der Waals surface area contributed by atoms with Crippen LogP contribution in [0.5, 0.6) is 0 Å². The van der Waals surface area contributed by atoms with Crippen molar-refractivity contribution in [2.45, 2.75) is 19.8 Å². The molecule has 0 saturated carbocycles. The molecule has 0 aliphatic heterocycles. The zero-order chi connectivity index (χ0) is 18.5. The average Bonchev–Trinajstić information content (AvgIpc) is 2.66. The van der Waals surface area contributed by atoms with Gasteiger partial charge in [0, 0.05) is 23.6 Å². The van der Waals surface area contributed by atoms with Crippen LogP contribution in [-0.2, 0) is 16.0 Å². The third kappa shape index (κ3) is 3.72. The van der Waals surface area contributed by atoms with Gasteiger partial charge in [0.1, 0.15) is 0 Å². The Bertz CT molecular complexity index is 961. The van der Waals surface area contributed by atoms with Gasteiger partial charge in [-0.1, -0.05) is 36.4 Å². The Hall–Kier alpha value is -3.21. The van der Waals surface area contributed by atoms with Crippen LogP contribution in [0.15, 0.2) is 54.7 Å². The van der Waals surface area contributed by atoms with Gasteiger partial charge in [0.25, 0.3) is 5.91 Å². The molecule has 0 radical (unpaired) electrons. The van der Waals surface area contributed by atoms with Crippen molar-refractivity contribution in [3.8, 4) is 0 Å². The van der Waals surface area contributed by atoms with Crippen LogP contribution < -0.4 is 5.32 Å². The number of aryl methyl sites for hydroxylation is 2. The molecule has 0 unspecified atom stereocenters. The van der Waals surface area contributed by atoms with E-state index in [-0.39, 0.29) is 18.3 Å².